The molecule has 2 fully saturated rings. The summed E-state index contributed by atoms with van der Waals surface area (Å²) in [5.74, 6) is 0.284. The Labute approximate surface area is 119 Å². The standard InChI is InChI=1S/C15H22N4O/c16-15(20)14-9-13(5-8-18-14)19(12-1-2-12)10-11-3-6-17-7-4-11/h5,8-9,11-12,17H,1-4,6-7,10H2,(H2,16,20). The van der Waals surface area contributed by atoms with Gasteiger partial charge in [0.05, 0.1) is 0 Å². The first-order valence-corrected chi connectivity index (χ1v) is 7.47. The fourth-order valence-corrected chi connectivity index (χ4v) is 2.93. The summed E-state index contributed by atoms with van der Waals surface area (Å²) in [5.41, 5.74) is 6.78. The van der Waals surface area contributed by atoms with Gasteiger partial charge in [0.2, 0.25) is 0 Å². The van der Waals surface area contributed by atoms with Crippen LogP contribution in [0.1, 0.15) is 36.2 Å². The molecule has 1 saturated carbocycles. The van der Waals surface area contributed by atoms with E-state index in [4.69, 9.17) is 5.73 Å². The molecule has 3 N–H and O–H groups in total. The topological polar surface area (TPSA) is 71.2 Å². The zero-order valence-electron chi connectivity index (χ0n) is 11.7. The maximum Gasteiger partial charge on any atom is 0.267 e. The number of anilines is 1. The first-order valence-electron chi connectivity index (χ1n) is 7.47. The van der Waals surface area contributed by atoms with Crippen molar-refractivity contribution in [2.24, 2.45) is 11.7 Å². The Morgan fingerprint density at radius 2 is 2.10 bits per heavy atom. The van der Waals surface area contributed by atoms with Crippen molar-refractivity contribution in [3.05, 3.63) is 24.0 Å². The maximum absolute atomic E-state index is 11.3. The van der Waals surface area contributed by atoms with E-state index in [1.807, 2.05) is 12.1 Å². The lowest BCUT2D eigenvalue weighted by Crippen LogP contribution is -2.37. The van der Waals surface area contributed by atoms with Crippen molar-refractivity contribution in [3.63, 3.8) is 0 Å². The van der Waals surface area contributed by atoms with Crippen molar-refractivity contribution in [2.45, 2.75) is 31.7 Å². The van der Waals surface area contributed by atoms with E-state index in [1.165, 1.54) is 25.7 Å². The molecule has 0 bridgehead atoms. The normalized spacial score (nSPS) is 19.8. The van der Waals surface area contributed by atoms with E-state index < -0.39 is 5.91 Å². The molecule has 2 aliphatic rings. The third kappa shape index (κ3) is 3.10. The minimum Gasteiger partial charge on any atom is -0.368 e. The molecule has 1 aliphatic heterocycles. The second-order valence-electron chi connectivity index (χ2n) is 5.84. The number of rotatable bonds is 5. The lowest BCUT2D eigenvalue weighted by atomic mass is 9.97. The third-order valence-electron chi connectivity index (χ3n) is 4.23. The number of carbonyl (C=O) groups excluding carboxylic acids is 1. The van der Waals surface area contributed by atoms with Crippen molar-refractivity contribution in [1.29, 1.82) is 0 Å². The van der Waals surface area contributed by atoms with Gasteiger partial charge in [-0.2, -0.15) is 0 Å². The van der Waals surface area contributed by atoms with Gasteiger partial charge >= 0.3 is 0 Å². The number of amides is 1. The first-order chi connectivity index (χ1) is 9.74. The molecule has 3 rings (SSSR count). The number of nitrogens with two attached hydrogens (primary N) is 1. The highest BCUT2D eigenvalue weighted by Crippen LogP contribution is 2.33. The van der Waals surface area contributed by atoms with Gasteiger partial charge < -0.3 is 16.0 Å². The highest BCUT2D eigenvalue weighted by molar-refractivity contribution is 5.91. The van der Waals surface area contributed by atoms with E-state index in [1.54, 1.807) is 6.20 Å². The van der Waals surface area contributed by atoms with Crippen LogP contribution in [0.15, 0.2) is 18.3 Å². The van der Waals surface area contributed by atoms with Gasteiger partial charge in [0.1, 0.15) is 5.69 Å². The van der Waals surface area contributed by atoms with Gasteiger partial charge in [-0.05, 0) is 56.8 Å². The molecular formula is C15H22N4O. The van der Waals surface area contributed by atoms with Crippen molar-refractivity contribution in [2.75, 3.05) is 24.5 Å². The van der Waals surface area contributed by atoms with Gasteiger partial charge in [-0.15, -0.1) is 0 Å². The molecule has 5 heteroatoms. The van der Waals surface area contributed by atoms with Crippen LogP contribution in [0.2, 0.25) is 0 Å². The number of hydrogen-bond acceptors (Lipinski definition) is 4. The number of primary amides is 1. The Morgan fingerprint density at radius 1 is 1.35 bits per heavy atom. The second kappa shape index (κ2) is 5.79. The predicted molar refractivity (Wildman–Crippen MR) is 78.7 cm³/mol. The van der Waals surface area contributed by atoms with Gasteiger partial charge in [0, 0.05) is 24.5 Å². The Kier molecular flexibility index (Phi) is 3.87. The molecule has 0 radical (unpaired) electrons. The van der Waals surface area contributed by atoms with Gasteiger partial charge in [0.15, 0.2) is 0 Å². The molecule has 0 aromatic carbocycles. The summed E-state index contributed by atoms with van der Waals surface area (Å²) in [7, 11) is 0. The highest BCUT2D eigenvalue weighted by Gasteiger charge is 2.31. The van der Waals surface area contributed by atoms with E-state index in [0.717, 1.165) is 31.2 Å². The number of pyridine rings is 1. The van der Waals surface area contributed by atoms with E-state index >= 15 is 0 Å². The fraction of sp³-hybridized carbons (Fsp3) is 0.600. The molecule has 5 nitrogen and oxygen atoms in total. The van der Waals surface area contributed by atoms with Gasteiger partial charge in [-0.3, -0.25) is 9.78 Å². The lowest BCUT2D eigenvalue weighted by Gasteiger charge is -2.32. The van der Waals surface area contributed by atoms with E-state index in [2.05, 4.69) is 15.2 Å². The minimum atomic E-state index is -0.454. The van der Waals surface area contributed by atoms with Crippen LogP contribution in [0.4, 0.5) is 5.69 Å². The van der Waals surface area contributed by atoms with Crippen LogP contribution >= 0.6 is 0 Å². The van der Waals surface area contributed by atoms with Crippen molar-refractivity contribution in [1.82, 2.24) is 10.3 Å². The summed E-state index contributed by atoms with van der Waals surface area (Å²) in [6.45, 7) is 3.31. The summed E-state index contributed by atoms with van der Waals surface area (Å²) in [4.78, 5) is 17.8. The zero-order valence-corrected chi connectivity index (χ0v) is 11.7. The molecule has 1 saturated heterocycles. The Morgan fingerprint density at radius 3 is 2.75 bits per heavy atom. The summed E-state index contributed by atoms with van der Waals surface area (Å²) < 4.78 is 0. The second-order valence-corrected chi connectivity index (χ2v) is 5.84. The highest BCUT2D eigenvalue weighted by atomic mass is 16.1. The smallest absolute Gasteiger partial charge is 0.267 e. The Balaban J connectivity index is 1.75. The van der Waals surface area contributed by atoms with Crippen LogP contribution in [0.5, 0.6) is 0 Å². The quantitative estimate of drug-likeness (QED) is 0.845. The number of nitrogens with one attached hydrogen (secondary N) is 1. The summed E-state index contributed by atoms with van der Waals surface area (Å²) in [6.07, 6.45) is 6.65. The minimum absolute atomic E-state index is 0.360. The average Bonchev–Trinajstić information content (AvgIpc) is 3.30. The molecular weight excluding hydrogens is 252 g/mol. The van der Waals surface area contributed by atoms with Crippen LogP contribution in [0.3, 0.4) is 0 Å². The zero-order chi connectivity index (χ0) is 13.9. The third-order valence-corrected chi connectivity index (χ3v) is 4.23. The average molecular weight is 274 g/mol. The number of carbonyl (C=O) groups is 1. The Bertz CT molecular complexity index is 481. The van der Waals surface area contributed by atoms with Crippen molar-refractivity contribution in [3.8, 4) is 0 Å². The molecule has 1 aliphatic carbocycles. The molecule has 20 heavy (non-hydrogen) atoms. The van der Waals surface area contributed by atoms with Crippen LogP contribution in [0, 0.1) is 5.92 Å². The van der Waals surface area contributed by atoms with Crippen molar-refractivity contribution < 1.29 is 4.79 Å². The van der Waals surface area contributed by atoms with Gasteiger partial charge in [-0.25, -0.2) is 0 Å². The Hall–Kier alpha value is -1.62. The molecule has 0 spiro atoms. The van der Waals surface area contributed by atoms with E-state index in [9.17, 15) is 4.79 Å². The van der Waals surface area contributed by atoms with E-state index in [-0.39, 0.29) is 0 Å². The van der Waals surface area contributed by atoms with Crippen LogP contribution < -0.4 is 16.0 Å². The van der Waals surface area contributed by atoms with Crippen LogP contribution in [-0.4, -0.2) is 36.6 Å². The molecule has 1 aromatic heterocycles. The summed E-state index contributed by atoms with van der Waals surface area (Å²) in [5, 5.41) is 3.41. The number of piperidine rings is 1. The predicted octanol–water partition coefficient (Wildman–Crippen LogP) is 1.15. The molecule has 108 valence electrons. The summed E-state index contributed by atoms with van der Waals surface area (Å²) in [6, 6.07) is 4.46. The molecule has 1 amide bonds. The monoisotopic (exact) mass is 274 g/mol. The van der Waals surface area contributed by atoms with E-state index in [0.29, 0.717) is 11.7 Å². The molecule has 0 atom stereocenters. The van der Waals surface area contributed by atoms with Crippen LogP contribution in [0.25, 0.3) is 0 Å². The number of aromatic nitrogens is 1. The molecule has 1 aromatic rings. The number of hydrogen-bond donors (Lipinski definition) is 2. The molecule has 2 heterocycles. The largest absolute Gasteiger partial charge is 0.368 e. The molecule has 0 unspecified atom stereocenters. The van der Waals surface area contributed by atoms with Crippen molar-refractivity contribution >= 4 is 11.6 Å². The summed E-state index contributed by atoms with van der Waals surface area (Å²) >= 11 is 0. The van der Waals surface area contributed by atoms with Gasteiger partial charge in [-0.1, -0.05) is 0 Å². The van der Waals surface area contributed by atoms with Gasteiger partial charge in [0.25, 0.3) is 5.91 Å². The first kappa shape index (κ1) is 13.4. The fourth-order valence-electron chi connectivity index (χ4n) is 2.93. The van der Waals surface area contributed by atoms with Crippen LogP contribution in [-0.2, 0) is 0 Å². The maximum atomic E-state index is 11.3. The number of nitrogens with zero attached hydrogens (tertiary/aromatic N) is 2. The SMILES string of the molecule is NC(=O)c1cc(N(CC2CCNCC2)C2CC2)ccn1. The lowest BCUT2D eigenvalue weighted by molar-refractivity contribution is 0.0995.